The average Bonchev–Trinajstić information content (AvgIpc) is 3.27. The summed E-state index contributed by atoms with van der Waals surface area (Å²) in [5.74, 6) is 2.40. The van der Waals surface area contributed by atoms with Gasteiger partial charge in [-0.1, -0.05) is 12.8 Å². The first kappa shape index (κ1) is 17.9. The second-order valence-corrected chi connectivity index (χ2v) is 7.03. The molecule has 0 bridgehead atoms. The average molecular weight is 446 g/mol. The Labute approximate surface area is 160 Å². The van der Waals surface area contributed by atoms with Gasteiger partial charge in [-0.3, -0.25) is 9.67 Å². The molecule has 1 spiro atoms. The molecule has 3 atom stereocenters. The zero-order chi connectivity index (χ0) is 15.9. The second-order valence-electron chi connectivity index (χ2n) is 7.03. The van der Waals surface area contributed by atoms with Crippen molar-refractivity contribution in [2.24, 2.45) is 23.4 Å². The largest absolute Gasteiger partial charge is 0.377 e. The van der Waals surface area contributed by atoms with Crippen molar-refractivity contribution < 1.29 is 4.74 Å². The first-order chi connectivity index (χ1) is 11.2. The minimum atomic E-state index is 0. The Hall–Kier alpha value is -0.900. The maximum absolute atomic E-state index is 6.05. The third kappa shape index (κ3) is 2.81. The minimum Gasteiger partial charge on any atom is -0.377 e. The van der Waals surface area contributed by atoms with Crippen molar-refractivity contribution in [3.05, 3.63) is 12.2 Å². The molecule has 2 aliphatic carbocycles. The molecule has 0 radical (unpaired) electrons. The molecule has 2 heterocycles. The molecule has 3 unspecified atom stereocenters. The summed E-state index contributed by atoms with van der Waals surface area (Å²) in [6, 6.07) is 0.489. The molecule has 3 aliphatic rings. The van der Waals surface area contributed by atoms with Gasteiger partial charge in [0.1, 0.15) is 12.2 Å². The number of aliphatic imine (C=N–C) groups is 1. The Balaban J connectivity index is 0.00000169. The lowest BCUT2D eigenvalue weighted by Gasteiger charge is -2.57. The molecule has 1 saturated heterocycles. The summed E-state index contributed by atoms with van der Waals surface area (Å²) < 4.78 is 7.83. The Morgan fingerprint density at radius 3 is 2.92 bits per heavy atom. The molecular formula is C16H27IN6O. The summed E-state index contributed by atoms with van der Waals surface area (Å²) in [7, 11) is 3.73. The Bertz CT molecular complexity index is 597. The number of aromatic nitrogens is 3. The minimum absolute atomic E-state index is 0. The monoisotopic (exact) mass is 446 g/mol. The summed E-state index contributed by atoms with van der Waals surface area (Å²) in [6.45, 7) is 1.54. The van der Waals surface area contributed by atoms with E-state index in [9.17, 15) is 0 Å². The molecule has 1 aromatic heterocycles. The number of hydrogen-bond acceptors (Lipinski definition) is 4. The van der Waals surface area contributed by atoms with Crippen LogP contribution in [-0.2, 0) is 18.3 Å². The molecule has 1 aliphatic heterocycles. The van der Waals surface area contributed by atoms with Crippen molar-refractivity contribution in [1.29, 1.82) is 0 Å². The van der Waals surface area contributed by atoms with E-state index in [0.29, 0.717) is 30.0 Å². The summed E-state index contributed by atoms with van der Waals surface area (Å²) in [4.78, 5) is 8.65. The standard InChI is InChI=1S/C16H26N6O.HI/c1-17-15(18-9-12-19-10-20-22(12)2)21-13-11-5-8-23-14(11)16(13)6-3-4-7-16;/h10-11,13-14H,3-9H2,1-2H3,(H2,17,18,21);1H. The van der Waals surface area contributed by atoms with Crippen LogP contribution in [-0.4, -0.2) is 46.5 Å². The maximum Gasteiger partial charge on any atom is 0.191 e. The van der Waals surface area contributed by atoms with Gasteiger partial charge in [-0.2, -0.15) is 5.10 Å². The van der Waals surface area contributed by atoms with Gasteiger partial charge in [-0.05, 0) is 19.3 Å². The van der Waals surface area contributed by atoms with Gasteiger partial charge in [0.2, 0.25) is 0 Å². The summed E-state index contributed by atoms with van der Waals surface area (Å²) in [6.07, 6.45) is 8.44. The molecule has 4 rings (SSSR count). The van der Waals surface area contributed by atoms with E-state index in [1.165, 1.54) is 32.1 Å². The SMILES string of the molecule is CN=C(NCc1ncnn1C)NC1C2CCOC2C12CCCC2.I. The molecule has 2 N–H and O–H groups in total. The van der Waals surface area contributed by atoms with Crippen LogP contribution >= 0.6 is 24.0 Å². The van der Waals surface area contributed by atoms with Crippen LogP contribution in [0.2, 0.25) is 0 Å². The fourth-order valence-electron chi connectivity index (χ4n) is 4.89. The van der Waals surface area contributed by atoms with Crippen LogP contribution in [0.15, 0.2) is 11.3 Å². The van der Waals surface area contributed by atoms with Gasteiger partial charge in [-0.25, -0.2) is 4.98 Å². The summed E-state index contributed by atoms with van der Waals surface area (Å²) in [5.41, 5.74) is 0.337. The number of ether oxygens (including phenoxy) is 1. The van der Waals surface area contributed by atoms with E-state index in [-0.39, 0.29) is 24.0 Å². The van der Waals surface area contributed by atoms with Crippen LogP contribution in [0, 0.1) is 11.3 Å². The Morgan fingerprint density at radius 1 is 1.46 bits per heavy atom. The van der Waals surface area contributed by atoms with Crippen LogP contribution in [0.5, 0.6) is 0 Å². The molecule has 24 heavy (non-hydrogen) atoms. The van der Waals surface area contributed by atoms with Gasteiger partial charge >= 0.3 is 0 Å². The third-order valence-corrected chi connectivity index (χ3v) is 6.02. The van der Waals surface area contributed by atoms with Crippen LogP contribution in [0.3, 0.4) is 0 Å². The molecule has 2 saturated carbocycles. The maximum atomic E-state index is 6.05. The van der Waals surface area contributed by atoms with E-state index in [4.69, 9.17) is 4.74 Å². The highest BCUT2D eigenvalue weighted by molar-refractivity contribution is 14.0. The van der Waals surface area contributed by atoms with Gasteiger partial charge in [0.15, 0.2) is 5.96 Å². The molecule has 8 heteroatoms. The number of guanidine groups is 1. The lowest BCUT2D eigenvalue weighted by molar-refractivity contribution is -0.125. The molecular weight excluding hydrogens is 419 g/mol. The van der Waals surface area contributed by atoms with Crippen molar-refractivity contribution in [1.82, 2.24) is 25.4 Å². The smallest absolute Gasteiger partial charge is 0.191 e. The van der Waals surface area contributed by atoms with Gasteiger partial charge < -0.3 is 15.4 Å². The van der Waals surface area contributed by atoms with E-state index >= 15 is 0 Å². The zero-order valence-corrected chi connectivity index (χ0v) is 16.7. The van der Waals surface area contributed by atoms with Gasteiger partial charge in [0.05, 0.1) is 12.6 Å². The van der Waals surface area contributed by atoms with Crippen molar-refractivity contribution in [2.45, 2.75) is 50.8 Å². The number of nitrogens with zero attached hydrogens (tertiary/aromatic N) is 4. The normalized spacial score (nSPS) is 30.6. The molecule has 134 valence electrons. The van der Waals surface area contributed by atoms with Gasteiger partial charge in [-0.15, -0.1) is 24.0 Å². The van der Waals surface area contributed by atoms with Crippen molar-refractivity contribution in [3.63, 3.8) is 0 Å². The van der Waals surface area contributed by atoms with Crippen LogP contribution in [0.1, 0.15) is 37.9 Å². The highest BCUT2D eigenvalue weighted by atomic mass is 127. The predicted octanol–water partition coefficient (Wildman–Crippen LogP) is 1.45. The first-order valence-corrected chi connectivity index (χ1v) is 8.66. The van der Waals surface area contributed by atoms with Gasteiger partial charge in [0, 0.05) is 38.1 Å². The topological polar surface area (TPSA) is 76.4 Å². The van der Waals surface area contributed by atoms with E-state index in [2.05, 4.69) is 25.7 Å². The number of fused-ring (bicyclic) bond motifs is 2. The van der Waals surface area contributed by atoms with Crippen LogP contribution in [0.4, 0.5) is 0 Å². The number of hydrogen-bond donors (Lipinski definition) is 2. The number of rotatable bonds is 3. The van der Waals surface area contributed by atoms with E-state index in [1.54, 1.807) is 11.0 Å². The summed E-state index contributed by atoms with van der Waals surface area (Å²) in [5, 5.41) is 11.2. The number of nitrogens with one attached hydrogen (secondary N) is 2. The fourth-order valence-corrected chi connectivity index (χ4v) is 4.89. The van der Waals surface area contributed by atoms with Gasteiger partial charge in [0.25, 0.3) is 0 Å². The summed E-state index contributed by atoms with van der Waals surface area (Å²) >= 11 is 0. The lowest BCUT2D eigenvalue weighted by Crippen LogP contribution is -2.69. The van der Waals surface area contributed by atoms with E-state index in [1.807, 2.05) is 14.1 Å². The van der Waals surface area contributed by atoms with Crippen LogP contribution < -0.4 is 10.6 Å². The fraction of sp³-hybridized carbons (Fsp3) is 0.812. The van der Waals surface area contributed by atoms with Crippen molar-refractivity contribution in [3.8, 4) is 0 Å². The molecule has 3 fully saturated rings. The number of halogens is 1. The Morgan fingerprint density at radius 2 is 2.25 bits per heavy atom. The van der Waals surface area contributed by atoms with Crippen molar-refractivity contribution in [2.75, 3.05) is 13.7 Å². The lowest BCUT2D eigenvalue weighted by atomic mass is 9.54. The van der Waals surface area contributed by atoms with E-state index < -0.39 is 0 Å². The number of aryl methyl sites for hydroxylation is 1. The molecule has 0 amide bonds. The Kier molecular flexibility index (Phi) is 5.33. The van der Waals surface area contributed by atoms with Crippen molar-refractivity contribution >= 4 is 29.9 Å². The highest BCUT2D eigenvalue weighted by Gasteiger charge is 2.65. The van der Waals surface area contributed by atoms with E-state index in [0.717, 1.165) is 18.4 Å². The highest BCUT2D eigenvalue weighted by Crippen LogP contribution is 2.60. The predicted molar refractivity (Wildman–Crippen MR) is 102 cm³/mol. The molecule has 0 aromatic carbocycles. The van der Waals surface area contributed by atoms with Crippen LogP contribution in [0.25, 0.3) is 0 Å². The second kappa shape index (κ2) is 7.15. The molecule has 7 nitrogen and oxygen atoms in total. The zero-order valence-electron chi connectivity index (χ0n) is 14.4. The first-order valence-electron chi connectivity index (χ1n) is 8.66. The molecule has 1 aromatic rings. The quantitative estimate of drug-likeness (QED) is 0.418. The third-order valence-electron chi connectivity index (χ3n) is 6.02.